The van der Waals surface area contributed by atoms with Crippen LogP contribution in [0.25, 0.3) is 0 Å². The molecule has 0 heterocycles. The minimum Gasteiger partial charge on any atom is -0.390 e. The molecule has 0 aromatic heterocycles. The highest BCUT2D eigenvalue weighted by Crippen LogP contribution is 2.28. The Morgan fingerprint density at radius 3 is 0.852 bits per heavy atom. The van der Waals surface area contributed by atoms with Gasteiger partial charge in [-0.05, 0) is 250 Å². The summed E-state index contributed by atoms with van der Waals surface area (Å²) in [7, 11) is 5.41. The maximum Gasteiger partial charge on any atom is 0.222 e. The number of aliphatic hydroxyl groups is 6. The highest BCUT2D eigenvalue weighted by molar-refractivity contribution is 5.75. The Balaban J connectivity index is 0.000000291. The van der Waals surface area contributed by atoms with E-state index in [9.17, 15) is 35.4 Å². The van der Waals surface area contributed by atoms with Crippen LogP contribution in [0.1, 0.15) is 317 Å². The highest BCUT2D eigenvalue weighted by Gasteiger charge is 2.22. The fraction of sp³-hybridized carbons (Fsp3) is 0.481. The second kappa shape index (κ2) is 61.5. The average molecular weight is 1570 g/mol. The van der Waals surface area contributed by atoms with Crippen LogP contribution in [0.4, 0.5) is 0 Å². The van der Waals surface area contributed by atoms with E-state index in [1.54, 1.807) is 12.0 Å². The molecule has 9 heteroatoms. The molecule has 4 unspecified atom stereocenters. The molecule has 0 fully saturated rings. The molecule has 0 aliphatic carbocycles. The maximum absolute atomic E-state index is 11.5. The second-order valence-electron chi connectivity index (χ2n) is 31.6. The molecular weight excluding hydrogens is 1420 g/mol. The predicted octanol–water partition coefficient (Wildman–Crippen LogP) is 25.4. The normalized spacial score (nSPS) is 12.3. The summed E-state index contributed by atoms with van der Waals surface area (Å²) in [5, 5.41) is 61.0. The summed E-state index contributed by atoms with van der Waals surface area (Å²) in [5.41, 5.74) is 18.1. The fourth-order valence-corrected chi connectivity index (χ4v) is 13.9. The summed E-state index contributed by atoms with van der Waals surface area (Å²) in [6.07, 6.45) is 32.0. The van der Waals surface area contributed by atoms with Crippen molar-refractivity contribution in [2.75, 3.05) is 27.8 Å². The van der Waals surface area contributed by atoms with Crippen LogP contribution in [0.2, 0.25) is 0 Å². The smallest absolute Gasteiger partial charge is 0.222 e. The van der Waals surface area contributed by atoms with Crippen LogP contribution < -0.4 is 0 Å². The van der Waals surface area contributed by atoms with Crippen molar-refractivity contribution in [2.24, 2.45) is 0 Å². The Morgan fingerprint density at radius 1 is 0.304 bits per heavy atom. The molecule has 0 bridgehead atoms. The van der Waals surface area contributed by atoms with Crippen LogP contribution in [-0.4, -0.2) is 74.9 Å². The van der Waals surface area contributed by atoms with Gasteiger partial charge in [0.1, 0.15) is 0 Å². The van der Waals surface area contributed by atoms with E-state index in [0.717, 1.165) is 162 Å². The van der Waals surface area contributed by atoms with E-state index in [4.69, 9.17) is 4.74 Å². The van der Waals surface area contributed by atoms with Crippen molar-refractivity contribution in [3.8, 4) is 0 Å². The lowest BCUT2D eigenvalue weighted by Crippen LogP contribution is -2.27. The first-order valence-corrected chi connectivity index (χ1v) is 44.3. The van der Waals surface area contributed by atoms with E-state index in [0.29, 0.717) is 12.8 Å². The number of amides is 1. The average Bonchev–Trinajstić information content (AvgIpc) is 0.877. The molecule has 0 spiro atoms. The van der Waals surface area contributed by atoms with Gasteiger partial charge in [-0.3, -0.25) is 4.79 Å². The van der Waals surface area contributed by atoms with Crippen LogP contribution in [0.15, 0.2) is 237 Å². The van der Waals surface area contributed by atoms with Crippen molar-refractivity contribution in [3.05, 3.63) is 320 Å². The number of methoxy groups -OCH3 is 1. The SMILES string of the molecule is CCCC(O)c1cccc(CCC(O)(CC)CC)c1.CCCC(O)c1cccc(CCC(O)c2ccccc2)c1.CCCCc1cccc(CCC(O)c2ccccc2)c1.CCCCc1cccc(CCCCC(=O)N(C)C)c1.CCCCc1cccc(CCCCOC)c1.CCCCc1cccc(CC[C@@H](O)c2ccccc2)c1. The molecule has 5 atom stereocenters. The number of aryl methyl sites for hydroxylation is 10. The lowest BCUT2D eigenvalue weighted by molar-refractivity contribution is -0.128. The highest BCUT2D eigenvalue weighted by atomic mass is 16.5. The first kappa shape index (κ1) is 99.5. The van der Waals surface area contributed by atoms with Crippen molar-refractivity contribution in [1.82, 2.24) is 4.90 Å². The number of nitrogens with zero attached hydrogens (tertiary/aromatic N) is 1. The molecule has 0 aliphatic heterocycles. The van der Waals surface area contributed by atoms with Gasteiger partial charge >= 0.3 is 0 Å². The lowest BCUT2D eigenvalue weighted by atomic mass is 9.89. The van der Waals surface area contributed by atoms with Gasteiger partial charge in [0.2, 0.25) is 5.91 Å². The van der Waals surface area contributed by atoms with Gasteiger partial charge in [0.05, 0.1) is 36.1 Å². The van der Waals surface area contributed by atoms with Crippen LogP contribution in [-0.2, 0) is 73.7 Å². The molecule has 0 radical (unpaired) electrons. The number of hydrogen-bond acceptors (Lipinski definition) is 8. The van der Waals surface area contributed by atoms with E-state index >= 15 is 0 Å². The number of hydrogen-bond donors (Lipinski definition) is 6. The number of carbonyl (C=O) groups excluding carboxylic acids is 1. The van der Waals surface area contributed by atoms with Crippen LogP contribution in [0.3, 0.4) is 0 Å². The van der Waals surface area contributed by atoms with Gasteiger partial charge in [0, 0.05) is 34.2 Å². The molecule has 628 valence electrons. The maximum atomic E-state index is 11.5. The Morgan fingerprint density at radius 2 is 0.565 bits per heavy atom. The van der Waals surface area contributed by atoms with Crippen molar-refractivity contribution in [1.29, 1.82) is 0 Å². The molecule has 115 heavy (non-hydrogen) atoms. The number of rotatable bonds is 45. The fourth-order valence-electron chi connectivity index (χ4n) is 13.9. The number of unbranched alkanes of at least 4 members (excludes halogenated alkanes) is 6. The van der Waals surface area contributed by atoms with E-state index < -0.39 is 11.7 Å². The number of carbonyl (C=O) groups is 1. The van der Waals surface area contributed by atoms with Crippen molar-refractivity contribution < 1.29 is 40.2 Å². The van der Waals surface area contributed by atoms with Crippen molar-refractivity contribution >= 4 is 5.91 Å². The Bertz CT molecular complexity index is 3770. The molecule has 9 rings (SSSR count). The van der Waals surface area contributed by atoms with Gasteiger partial charge in [-0.2, -0.15) is 0 Å². The molecule has 9 aromatic carbocycles. The third-order valence-electron chi connectivity index (χ3n) is 21.6. The molecule has 0 saturated carbocycles. The first-order chi connectivity index (χ1) is 55.8. The van der Waals surface area contributed by atoms with Crippen LogP contribution in [0, 0.1) is 0 Å². The number of ether oxygens (including phenoxy) is 1. The minimum atomic E-state index is -0.544. The monoisotopic (exact) mass is 1570 g/mol. The van der Waals surface area contributed by atoms with Crippen molar-refractivity contribution in [2.45, 2.75) is 303 Å². The quantitative estimate of drug-likeness (QED) is 0.0207. The summed E-state index contributed by atoms with van der Waals surface area (Å²) in [6.45, 7) is 18.0. The molecule has 6 N–H and O–H groups in total. The largest absolute Gasteiger partial charge is 0.390 e. The van der Waals surface area contributed by atoms with E-state index in [1.165, 1.54) is 127 Å². The molecule has 1 amide bonds. The number of aliphatic hydroxyl groups excluding tert-OH is 5. The molecule has 0 saturated heterocycles. The Labute approximate surface area is 698 Å². The summed E-state index contributed by atoms with van der Waals surface area (Å²) in [6, 6.07) is 81.3. The zero-order valence-corrected chi connectivity index (χ0v) is 72.9. The van der Waals surface area contributed by atoms with Gasteiger partial charge in [0.15, 0.2) is 0 Å². The van der Waals surface area contributed by atoms with Crippen LogP contribution in [0.5, 0.6) is 0 Å². The molecular formula is C106H151NO8. The topological polar surface area (TPSA) is 151 Å². The van der Waals surface area contributed by atoms with Gasteiger partial charge in [0.25, 0.3) is 0 Å². The first-order valence-electron chi connectivity index (χ1n) is 44.3. The number of benzene rings is 9. The summed E-state index contributed by atoms with van der Waals surface area (Å²) in [4.78, 5) is 13.1. The zero-order chi connectivity index (χ0) is 83.5. The van der Waals surface area contributed by atoms with Crippen LogP contribution >= 0.6 is 0 Å². The molecule has 9 aromatic rings. The van der Waals surface area contributed by atoms with Gasteiger partial charge in [-0.15, -0.1) is 0 Å². The predicted molar refractivity (Wildman–Crippen MR) is 487 cm³/mol. The molecule has 0 aliphatic rings. The zero-order valence-electron chi connectivity index (χ0n) is 72.9. The second-order valence-corrected chi connectivity index (χ2v) is 31.6. The molecule has 9 nitrogen and oxygen atoms in total. The minimum absolute atomic E-state index is 0.233. The van der Waals surface area contributed by atoms with Gasteiger partial charge < -0.3 is 40.3 Å². The lowest BCUT2D eigenvalue weighted by Gasteiger charge is -2.25. The van der Waals surface area contributed by atoms with Gasteiger partial charge in [-0.1, -0.05) is 331 Å². The Hall–Kier alpha value is -7.83. The third-order valence-corrected chi connectivity index (χ3v) is 21.6. The Kier molecular flexibility index (Phi) is 53.2. The summed E-state index contributed by atoms with van der Waals surface area (Å²) >= 11 is 0. The van der Waals surface area contributed by atoms with Gasteiger partial charge in [-0.25, -0.2) is 0 Å². The van der Waals surface area contributed by atoms with E-state index in [1.807, 2.05) is 143 Å². The third kappa shape index (κ3) is 43.8. The standard InChI is InChI=1S/C19H24O2.2C19H24O.C17H27NO.C17H28O2.C15H24O/c1-2-7-18(20)17-11-6-8-15(14-17)12-13-19(21)16-9-4-3-5-10-16;2*1-2-3-8-16-9-7-10-17(15-16)13-14-19(20)18-11-5-4-6-12-18;1-4-5-9-15-11-8-12-16(14-15)10-6-7-13-17(19)18(2)3;1-4-8-16(18)15-10-7-9-14(13-15)11-12-17(19,5-2)6-3;1-3-4-8-14-10-7-11-15(13-14)9-5-6-12-16-2/h3-6,8-11,14,18-21H,2,7,12-13H2,1H3;2*4-7,9-12,15,19-20H,2-3,8,13-14H2,1H3;8,11-12,14H,4-7,9-10,13H2,1-3H3;7,9-10,13,16,18-19H,4-6,8,11-12H2,1-3H3;7,10-11,13H,3-6,8-9,12H2,1-2H3/t;19-;;;;/m.1..../s1. The summed E-state index contributed by atoms with van der Waals surface area (Å²) < 4.78 is 5.06. The van der Waals surface area contributed by atoms with E-state index in [2.05, 4.69) is 163 Å². The van der Waals surface area contributed by atoms with Crippen molar-refractivity contribution in [3.63, 3.8) is 0 Å². The van der Waals surface area contributed by atoms with E-state index in [-0.39, 0.29) is 30.3 Å². The summed E-state index contributed by atoms with van der Waals surface area (Å²) in [5.74, 6) is 0.233.